The van der Waals surface area contributed by atoms with Crippen molar-refractivity contribution in [1.29, 1.82) is 0 Å². The molecule has 0 fully saturated rings. The van der Waals surface area contributed by atoms with Crippen LogP contribution in [-0.4, -0.2) is 33.2 Å². The van der Waals surface area contributed by atoms with E-state index >= 15 is 0 Å². The summed E-state index contributed by atoms with van der Waals surface area (Å²) in [6.07, 6.45) is 0. The smallest absolute Gasteiger partial charge is 0.284 e. The molecule has 0 spiro atoms. The van der Waals surface area contributed by atoms with Crippen LogP contribution in [0.3, 0.4) is 0 Å². The van der Waals surface area contributed by atoms with Crippen molar-refractivity contribution in [2.24, 2.45) is 4.40 Å². The van der Waals surface area contributed by atoms with Gasteiger partial charge in [0.15, 0.2) is 0 Å². The van der Waals surface area contributed by atoms with Crippen LogP contribution in [0.4, 0.5) is 0 Å². The lowest BCUT2D eigenvalue weighted by Crippen LogP contribution is -2.24. The van der Waals surface area contributed by atoms with Gasteiger partial charge in [0, 0.05) is 19.7 Å². The molecule has 2 aromatic rings. The largest absolute Gasteiger partial charge is 0.362 e. The van der Waals surface area contributed by atoms with E-state index < -0.39 is 10.0 Å². The molecule has 2 rings (SSSR count). The fourth-order valence-electron chi connectivity index (χ4n) is 2.49. The molecule has 0 saturated carbocycles. The quantitative estimate of drug-likeness (QED) is 0.616. The molecule has 134 valence electrons. The van der Waals surface area contributed by atoms with Crippen molar-refractivity contribution < 1.29 is 8.42 Å². The van der Waals surface area contributed by atoms with E-state index in [1.165, 1.54) is 0 Å². The molecule has 5 heteroatoms. The maximum Gasteiger partial charge on any atom is 0.284 e. The van der Waals surface area contributed by atoms with Crippen LogP contribution in [-0.2, 0) is 15.4 Å². The van der Waals surface area contributed by atoms with E-state index in [4.69, 9.17) is 0 Å². The molecule has 0 bridgehead atoms. The van der Waals surface area contributed by atoms with E-state index in [9.17, 15) is 8.42 Å². The Kier molecular flexibility index (Phi) is 5.37. The maximum absolute atomic E-state index is 13.0. The van der Waals surface area contributed by atoms with Gasteiger partial charge in [0.05, 0.1) is 4.90 Å². The molecule has 0 aromatic heterocycles. The second-order valence-electron chi connectivity index (χ2n) is 7.38. The van der Waals surface area contributed by atoms with Gasteiger partial charge in [-0.15, -0.1) is 4.40 Å². The zero-order valence-corrected chi connectivity index (χ0v) is 16.6. The summed E-state index contributed by atoms with van der Waals surface area (Å²) in [5.74, 6) is 0.418. The molecule has 2 aromatic carbocycles. The van der Waals surface area contributed by atoms with Crippen LogP contribution in [0.2, 0.25) is 0 Å². The van der Waals surface area contributed by atoms with Gasteiger partial charge in [0.1, 0.15) is 5.84 Å². The molecule has 0 aliphatic carbocycles. The number of aryl methyl sites for hydroxylation is 1. The number of nitrogens with zero attached hydrogens (tertiary/aromatic N) is 2. The van der Waals surface area contributed by atoms with Gasteiger partial charge in [0.2, 0.25) is 0 Å². The van der Waals surface area contributed by atoms with Crippen LogP contribution in [0.15, 0.2) is 57.8 Å². The molecule has 4 nitrogen and oxygen atoms in total. The first-order valence-electron chi connectivity index (χ1n) is 8.21. The third-order valence-electron chi connectivity index (χ3n) is 3.99. The van der Waals surface area contributed by atoms with Crippen molar-refractivity contribution in [3.05, 3.63) is 65.2 Å². The van der Waals surface area contributed by atoms with Crippen molar-refractivity contribution in [3.8, 4) is 0 Å². The third kappa shape index (κ3) is 4.48. The van der Waals surface area contributed by atoms with Crippen molar-refractivity contribution >= 4 is 15.9 Å². The van der Waals surface area contributed by atoms with E-state index in [0.29, 0.717) is 11.4 Å². The average molecular weight is 359 g/mol. The Balaban J connectivity index is 2.61. The zero-order chi connectivity index (χ0) is 18.8. The number of amidine groups is 1. The fraction of sp³-hybridized carbons (Fsp3) is 0.350. The predicted molar refractivity (Wildman–Crippen MR) is 104 cm³/mol. The second-order valence-corrected chi connectivity index (χ2v) is 8.95. The predicted octanol–water partition coefficient (Wildman–Crippen LogP) is 3.99. The third-order valence-corrected chi connectivity index (χ3v) is 5.40. The number of rotatable bonds is 3. The lowest BCUT2D eigenvalue weighted by molar-refractivity contribution is 0.582. The van der Waals surface area contributed by atoms with Crippen LogP contribution >= 0.6 is 0 Å². The van der Waals surface area contributed by atoms with Gasteiger partial charge in [0.25, 0.3) is 10.0 Å². The number of hydrogen-bond donors (Lipinski definition) is 0. The van der Waals surface area contributed by atoms with E-state index in [1.807, 2.05) is 42.5 Å². The number of hydrogen-bond acceptors (Lipinski definition) is 2. The highest BCUT2D eigenvalue weighted by Crippen LogP contribution is 2.27. The number of benzene rings is 2. The van der Waals surface area contributed by atoms with E-state index in [-0.39, 0.29) is 10.3 Å². The van der Waals surface area contributed by atoms with E-state index in [1.54, 1.807) is 32.0 Å². The monoisotopic (exact) mass is 358 g/mol. The summed E-state index contributed by atoms with van der Waals surface area (Å²) in [4.78, 5) is 1.98. The summed E-state index contributed by atoms with van der Waals surface area (Å²) >= 11 is 0. The minimum absolute atomic E-state index is 0.133. The van der Waals surface area contributed by atoms with Gasteiger partial charge in [-0.25, -0.2) is 0 Å². The van der Waals surface area contributed by atoms with E-state index in [2.05, 4.69) is 25.2 Å². The molecule has 0 atom stereocenters. The molecule has 0 saturated heterocycles. The van der Waals surface area contributed by atoms with Crippen molar-refractivity contribution in [2.75, 3.05) is 14.1 Å². The highest BCUT2D eigenvalue weighted by Gasteiger charge is 2.22. The molecule has 25 heavy (non-hydrogen) atoms. The summed E-state index contributed by atoms with van der Waals surface area (Å²) < 4.78 is 30.2. The van der Waals surface area contributed by atoms with Gasteiger partial charge in [-0.1, -0.05) is 63.2 Å². The molecule has 0 amide bonds. The Labute approximate surface area is 151 Å². The van der Waals surface area contributed by atoms with Crippen LogP contribution in [0, 0.1) is 6.92 Å². The van der Waals surface area contributed by atoms with E-state index in [0.717, 1.165) is 11.1 Å². The average Bonchev–Trinajstić information content (AvgIpc) is 2.52. The Hall–Kier alpha value is -2.14. The minimum Gasteiger partial charge on any atom is -0.362 e. The van der Waals surface area contributed by atoms with Gasteiger partial charge >= 0.3 is 0 Å². The summed E-state index contributed by atoms with van der Waals surface area (Å²) in [7, 11) is -0.237. The second kappa shape index (κ2) is 7.00. The first kappa shape index (κ1) is 19.2. The van der Waals surface area contributed by atoms with Crippen LogP contribution < -0.4 is 0 Å². The maximum atomic E-state index is 13.0. The highest BCUT2D eigenvalue weighted by atomic mass is 32.2. The molecular weight excluding hydrogens is 332 g/mol. The Morgan fingerprint density at radius 1 is 1.00 bits per heavy atom. The zero-order valence-electron chi connectivity index (χ0n) is 15.7. The van der Waals surface area contributed by atoms with Gasteiger partial charge < -0.3 is 4.90 Å². The molecule has 0 N–H and O–H groups in total. The first-order chi connectivity index (χ1) is 11.5. The van der Waals surface area contributed by atoms with Gasteiger partial charge in [-0.05, 0) is 29.5 Å². The topological polar surface area (TPSA) is 49.7 Å². The Morgan fingerprint density at radius 2 is 1.60 bits per heavy atom. The Morgan fingerprint density at radius 3 is 2.12 bits per heavy atom. The molecule has 0 aliphatic rings. The SMILES string of the molecule is Cc1ccc(C(C)(C)C)cc1S(=O)(=O)N=C(c1ccccc1)N(C)C. The first-order valence-corrected chi connectivity index (χ1v) is 9.65. The summed E-state index contributed by atoms with van der Waals surface area (Å²) in [6.45, 7) is 7.98. The van der Waals surface area contributed by atoms with Crippen molar-refractivity contribution in [3.63, 3.8) is 0 Å². The Bertz CT molecular complexity index is 878. The van der Waals surface area contributed by atoms with Crippen molar-refractivity contribution in [2.45, 2.75) is 38.0 Å². The van der Waals surface area contributed by atoms with Gasteiger partial charge in [-0.3, -0.25) is 0 Å². The van der Waals surface area contributed by atoms with Crippen LogP contribution in [0.25, 0.3) is 0 Å². The molecular formula is C20H26N2O2S. The standard InChI is InChI=1S/C20H26N2O2S/c1-15-12-13-17(20(2,3)4)14-18(15)25(23,24)21-19(22(5)6)16-10-8-7-9-11-16/h7-14H,1-6H3. The molecule has 0 unspecified atom stereocenters. The molecule has 0 aliphatic heterocycles. The lowest BCUT2D eigenvalue weighted by Gasteiger charge is -2.21. The van der Waals surface area contributed by atoms with Gasteiger partial charge in [-0.2, -0.15) is 8.42 Å². The summed E-state index contributed by atoms with van der Waals surface area (Å²) in [5.41, 5.74) is 2.30. The summed E-state index contributed by atoms with van der Waals surface area (Å²) in [5, 5.41) is 0. The summed E-state index contributed by atoms with van der Waals surface area (Å²) in [6, 6.07) is 14.9. The van der Waals surface area contributed by atoms with Crippen LogP contribution in [0.5, 0.6) is 0 Å². The minimum atomic E-state index is -3.82. The normalized spacial score (nSPS) is 13.0. The highest BCUT2D eigenvalue weighted by molar-refractivity contribution is 7.90. The van der Waals surface area contributed by atoms with Crippen molar-refractivity contribution in [1.82, 2.24) is 4.90 Å². The fourth-order valence-corrected chi connectivity index (χ4v) is 3.83. The lowest BCUT2D eigenvalue weighted by atomic mass is 9.87. The van der Waals surface area contributed by atoms with Crippen LogP contribution in [0.1, 0.15) is 37.5 Å². The number of sulfonamides is 1. The molecule has 0 heterocycles. The molecule has 0 radical (unpaired) electrons.